The fraction of sp³-hybridized carbons (Fsp3) is 0.429. The first-order chi connectivity index (χ1) is 13.0. The first kappa shape index (κ1) is 19.6. The lowest BCUT2D eigenvalue weighted by molar-refractivity contribution is -0.141. The lowest BCUT2D eigenvalue weighted by atomic mass is 9.92. The average Bonchev–Trinajstić information content (AvgIpc) is 3.13. The second-order valence-corrected chi connectivity index (χ2v) is 7.88. The van der Waals surface area contributed by atoms with Crippen LogP contribution >= 0.6 is 11.3 Å². The Morgan fingerprint density at radius 2 is 2.00 bits per heavy atom. The summed E-state index contributed by atoms with van der Waals surface area (Å²) in [5, 5.41) is 2.10. The van der Waals surface area contributed by atoms with Crippen molar-refractivity contribution in [2.45, 2.75) is 26.3 Å². The lowest BCUT2D eigenvalue weighted by Crippen LogP contribution is -2.47. The van der Waals surface area contributed by atoms with Gasteiger partial charge in [0, 0.05) is 32.0 Å². The molecule has 1 aliphatic heterocycles. The molecule has 0 spiro atoms. The highest BCUT2D eigenvalue weighted by atomic mass is 32.1. The Morgan fingerprint density at radius 3 is 2.67 bits per heavy atom. The largest absolute Gasteiger partial charge is 0.383 e. The minimum atomic E-state index is -0.111. The number of thiophene rings is 1. The number of hydrogen-bond donors (Lipinski definition) is 0. The van der Waals surface area contributed by atoms with Gasteiger partial charge in [0.2, 0.25) is 11.8 Å². The molecule has 144 valence electrons. The normalized spacial score (nSPS) is 16.1. The molecule has 1 unspecified atom stereocenters. The fourth-order valence-corrected chi connectivity index (χ4v) is 4.40. The van der Waals surface area contributed by atoms with E-state index >= 15 is 0 Å². The van der Waals surface area contributed by atoms with E-state index in [1.807, 2.05) is 4.90 Å². The van der Waals surface area contributed by atoms with Gasteiger partial charge in [-0.3, -0.25) is 9.59 Å². The molecule has 5 nitrogen and oxygen atoms in total. The maximum atomic E-state index is 13.2. The van der Waals surface area contributed by atoms with Crippen LogP contribution in [0.15, 0.2) is 35.7 Å². The Kier molecular flexibility index (Phi) is 6.29. The van der Waals surface area contributed by atoms with E-state index in [-0.39, 0.29) is 24.4 Å². The molecule has 2 aromatic rings. The van der Waals surface area contributed by atoms with E-state index in [1.165, 1.54) is 22.9 Å². The monoisotopic (exact) mass is 386 g/mol. The molecule has 3 rings (SSSR count). The van der Waals surface area contributed by atoms with Gasteiger partial charge in [0.1, 0.15) is 0 Å². The van der Waals surface area contributed by atoms with Gasteiger partial charge in [-0.1, -0.05) is 29.8 Å². The molecule has 1 aromatic heterocycles. The Labute approximate surface area is 164 Å². The maximum Gasteiger partial charge on any atom is 0.242 e. The Hall–Kier alpha value is -2.18. The molecular weight excluding hydrogens is 360 g/mol. The Morgan fingerprint density at radius 1 is 1.26 bits per heavy atom. The number of carbonyl (C=O) groups excluding carboxylic acids is 2. The quantitative estimate of drug-likeness (QED) is 0.767. The highest BCUT2D eigenvalue weighted by Gasteiger charge is 2.33. The van der Waals surface area contributed by atoms with Gasteiger partial charge in [0.25, 0.3) is 0 Å². The number of fused-ring (bicyclic) bond motifs is 1. The lowest BCUT2D eigenvalue weighted by Gasteiger charge is -2.37. The van der Waals surface area contributed by atoms with Gasteiger partial charge in [-0.2, -0.15) is 0 Å². The van der Waals surface area contributed by atoms with Crippen molar-refractivity contribution in [2.24, 2.45) is 0 Å². The topological polar surface area (TPSA) is 49.9 Å². The first-order valence-electron chi connectivity index (χ1n) is 9.18. The van der Waals surface area contributed by atoms with Crippen molar-refractivity contribution in [2.75, 3.05) is 33.4 Å². The summed E-state index contributed by atoms with van der Waals surface area (Å²) in [6.45, 7) is 5.15. The molecule has 0 fully saturated rings. The number of benzene rings is 1. The van der Waals surface area contributed by atoms with Crippen LogP contribution in [0.2, 0.25) is 0 Å². The molecule has 2 heterocycles. The number of amides is 2. The number of carbonyl (C=O) groups is 2. The summed E-state index contributed by atoms with van der Waals surface area (Å²) < 4.78 is 5.07. The molecule has 0 radical (unpaired) electrons. The van der Waals surface area contributed by atoms with E-state index in [2.05, 4.69) is 42.6 Å². The molecule has 0 bridgehead atoms. The molecule has 0 saturated heterocycles. The van der Waals surface area contributed by atoms with Crippen molar-refractivity contribution in [1.82, 2.24) is 9.80 Å². The third kappa shape index (κ3) is 4.39. The minimum Gasteiger partial charge on any atom is -0.383 e. The number of rotatable bonds is 6. The molecule has 0 saturated carbocycles. The number of aryl methyl sites for hydroxylation is 1. The van der Waals surface area contributed by atoms with Crippen LogP contribution in [0.1, 0.15) is 34.5 Å². The Balaban J connectivity index is 1.87. The third-order valence-corrected chi connectivity index (χ3v) is 6.01. The van der Waals surface area contributed by atoms with Crippen LogP contribution < -0.4 is 0 Å². The molecule has 1 aromatic carbocycles. The fourth-order valence-electron chi connectivity index (χ4n) is 3.50. The van der Waals surface area contributed by atoms with Gasteiger partial charge >= 0.3 is 0 Å². The second kappa shape index (κ2) is 8.67. The third-order valence-electron chi connectivity index (χ3n) is 5.02. The standard InChI is InChI=1S/C21H26N2O3S/c1-15-4-6-17(7-5-15)21-18-9-13-27-19(18)8-10-23(21)20(25)14-22(16(2)24)11-12-26-3/h4-7,9,13,21H,8,10-12,14H2,1-3H3. The summed E-state index contributed by atoms with van der Waals surface area (Å²) in [5.41, 5.74) is 3.51. The summed E-state index contributed by atoms with van der Waals surface area (Å²) in [4.78, 5) is 29.9. The van der Waals surface area contributed by atoms with Crippen molar-refractivity contribution >= 4 is 23.2 Å². The van der Waals surface area contributed by atoms with Crippen molar-refractivity contribution in [1.29, 1.82) is 0 Å². The van der Waals surface area contributed by atoms with Gasteiger partial charge in [0.15, 0.2) is 0 Å². The number of nitrogens with zero attached hydrogens (tertiary/aromatic N) is 2. The Bertz CT molecular complexity index is 800. The van der Waals surface area contributed by atoms with Gasteiger partial charge in [-0.15, -0.1) is 11.3 Å². The molecule has 27 heavy (non-hydrogen) atoms. The summed E-state index contributed by atoms with van der Waals surface area (Å²) in [6, 6.07) is 10.4. The van der Waals surface area contributed by atoms with Crippen LogP contribution in [-0.2, 0) is 20.7 Å². The summed E-state index contributed by atoms with van der Waals surface area (Å²) >= 11 is 1.75. The maximum absolute atomic E-state index is 13.2. The zero-order valence-electron chi connectivity index (χ0n) is 16.1. The molecule has 0 N–H and O–H groups in total. The van der Waals surface area contributed by atoms with Crippen LogP contribution in [0, 0.1) is 6.92 Å². The number of hydrogen-bond acceptors (Lipinski definition) is 4. The minimum absolute atomic E-state index is 0.0243. The van der Waals surface area contributed by atoms with E-state index in [9.17, 15) is 9.59 Å². The van der Waals surface area contributed by atoms with E-state index < -0.39 is 0 Å². The highest BCUT2D eigenvalue weighted by molar-refractivity contribution is 7.10. The van der Waals surface area contributed by atoms with E-state index in [0.29, 0.717) is 19.7 Å². The van der Waals surface area contributed by atoms with Gasteiger partial charge in [-0.25, -0.2) is 0 Å². The molecule has 0 aliphatic carbocycles. The van der Waals surface area contributed by atoms with Crippen molar-refractivity contribution in [3.05, 3.63) is 57.3 Å². The first-order valence-corrected chi connectivity index (χ1v) is 10.1. The van der Waals surface area contributed by atoms with Crippen molar-refractivity contribution < 1.29 is 14.3 Å². The van der Waals surface area contributed by atoms with E-state index in [0.717, 1.165) is 12.0 Å². The predicted molar refractivity (Wildman–Crippen MR) is 107 cm³/mol. The average molecular weight is 387 g/mol. The molecule has 6 heteroatoms. The van der Waals surface area contributed by atoms with Crippen LogP contribution in [0.4, 0.5) is 0 Å². The van der Waals surface area contributed by atoms with Crippen LogP contribution in [0.5, 0.6) is 0 Å². The van der Waals surface area contributed by atoms with E-state index in [1.54, 1.807) is 23.3 Å². The zero-order valence-corrected chi connectivity index (χ0v) is 16.9. The summed E-state index contributed by atoms with van der Waals surface area (Å²) in [6.07, 6.45) is 0.860. The zero-order chi connectivity index (χ0) is 19.4. The van der Waals surface area contributed by atoms with Crippen molar-refractivity contribution in [3.63, 3.8) is 0 Å². The second-order valence-electron chi connectivity index (χ2n) is 6.88. The number of ether oxygens (including phenoxy) is 1. The smallest absolute Gasteiger partial charge is 0.242 e. The van der Waals surface area contributed by atoms with Crippen LogP contribution in [-0.4, -0.2) is 55.0 Å². The van der Waals surface area contributed by atoms with Gasteiger partial charge < -0.3 is 14.5 Å². The van der Waals surface area contributed by atoms with Crippen LogP contribution in [0.3, 0.4) is 0 Å². The molecular formula is C21H26N2O3S. The van der Waals surface area contributed by atoms with Crippen LogP contribution in [0.25, 0.3) is 0 Å². The summed E-state index contributed by atoms with van der Waals surface area (Å²) in [7, 11) is 1.59. The SMILES string of the molecule is COCCN(CC(=O)N1CCc2sccc2C1c1ccc(C)cc1)C(C)=O. The molecule has 1 atom stereocenters. The number of methoxy groups -OCH3 is 1. The van der Waals surface area contributed by atoms with Gasteiger partial charge in [0.05, 0.1) is 19.2 Å². The predicted octanol–water partition coefficient (Wildman–Crippen LogP) is 3.03. The molecule has 2 amide bonds. The molecule has 1 aliphatic rings. The van der Waals surface area contributed by atoms with Gasteiger partial charge in [-0.05, 0) is 35.9 Å². The highest BCUT2D eigenvalue weighted by Crippen LogP contribution is 2.37. The van der Waals surface area contributed by atoms with E-state index in [4.69, 9.17) is 4.74 Å². The summed E-state index contributed by atoms with van der Waals surface area (Å²) in [5.74, 6) is -0.135. The van der Waals surface area contributed by atoms with Crippen molar-refractivity contribution in [3.8, 4) is 0 Å².